The van der Waals surface area contributed by atoms with Crippen LogP contribution in [-0.4, -0.2) is 30.4 Å². The van der Waals surface area contributed by atoms with Crippen LogP contribution in [0.25, 0.3) is 11.0 Å². The van der Waals surface area contributed by atoms with E-state index in [9.17, 15) is 9.59 Å². The molecule has 1 aromatic carbocycles. The first-order valence-electron chi connectivity index (χ1n) is 9.83. The number of fused-ring (bicyclic) bond motifs is 1. The topological polar surface area (TPSA) is 62.6 Å². The van der Waals surface area contributed by atoms with Gasteiger partial charge in [-0.1, -0.05) is 22.0 Å². The molecule has 0 saturated carbocycles. The molecule has 2 aromatic heterocycles. The third kappa shape index (κ3) is 5.15. The second-order valence-electron chi connectivity index (χ2n) is 7.40. The molecule has 0 atom stereocenters. The van der Waals surface area contributed by atoms with Crippen LogP contribution in [0.4, 0.5) is 0 Å². The number of thiophene rings is 1. The maximum atomic E-state index is 12.5. The van der Waals surface area contributed by atoms with Crippen molar-refractivity contribution in [1.29, 1.82) is 0 Å². The Balaban J connectivity index is 1.31. The van der Waals surface area contributed by atoms with Crippen molar-refractivity contribution in [1.82, 2.24) is 10.2 Å². The van der Waals surface area contributed by atoms with Gasteiger partial charge in [-0.3, -0.25) is 9.69 Å². The molecule has 0 spiro atoms. The molecule has 3 heterocycles. The van der Waals surface area contributed by atoms with Crippen LogP contribution in [0.2, 0.25) is 0 Å². The Hall–Kier alpha value is -1.96. The van der Waals surface area contributed by atoms with Crippen LogP contribution in [0.15, 0.2) is 55.5 Å². The van der Waals surface area contributed by atoms with Crippen LogP contribution in [-0.2, 0) is 17.8 Å². The first-order valence-corrected chi connectivity index (χ1v) is 11.5. The summed E-state index contributed by atoms with van der Waals surface area (Å²) in [4.78, 5) is 28.0. The molecule has 1 amide bonds. The van der Waals surface area contributed by atoms with E-state index in [1.165, 1.54) is 4.88 Å². The summed E-state index contributed by atoms with van der Waals surface area (Å²) < 4.78 is 6.21. The van der Waals surface area contributed by atoms with Crippen molar-refractivity contribution in [2.24, 2.45) is 5.92 Å². The number of nitrogens with one attached hydrogen (secondary N) is 1. The van der Waals surface area contributed by atoms with E-state index >= 15 is 0 Å². The Kier molecular flexibility index (Phi) is 6.47. The highest BCUT2D eigenvalue weighted by Gasteiger charge is 2.25. The van der Waals surface area contributed by atoms with Crippen molar-refractivity contribution < 1.29 is 9.21 Å². The van der Waals surface area contributed by atoms with Crippen molar-refractivity contribution in [3.05, 3.63) is 67.1 Å². The fraction of sp³-hybridized carbons (Fsp3) is 0.364. The van der Waals surface area contributed by atoms with Gasteiger partial charge in [0.1, 0.15) is 5.58 Å². The van der Waals surface area contributed by atoms with Gasteiger partial charge in [-0.15, -0.1) is 11.3 Å². The standard InChI is InChI=1S/C22H23BrN2O3S/c23-17-3-4-19-16(12-21(26)28-20(19)13-17)14-25-9-6-15(7-10-25)22(27)24-8-5-18-2-1-11-29-18/h1-4,11-13,15H,5-10,14H2,(H,24,27). The lowest BCUT2D eigenvalue weighted by atomic mass is 9.95. The molecule has 4 rings (SSSR count). The predicted molar refractivity (Wildman–Crippen MR) is 119 cm³/mol. The largest absolute Gasteiger partial charge is 0.423 e. The minimum atomic E-state index is -0.328. The third-order valence-corrected chi connectivity index (χ3v) is 6.82. The maximum absolute atomic E-state index is 12.5. The van der Waals surface area contributed by atoms with Gasteiger partial charge in [0.05, 0.1) is 0 Å². The SMILES string of the molecule is O=C(NCCc1cccs1)C1CCN(Cc2cc(=O)oc3cc(Br)ccc23)CC1. The number of nitrogens with zero attached hydrogens (tertiary/aromatic N) is 1. The summed E-state index contributed by atoms with van der Waals surface area (Å²) in [7, 11) is 0. The molecular formula is C22H23BrN2O3S. The Morgan fingerprint density at radius 1 is 1.24 bits per heavy atom. The number of amides is 1. The molecule has 0 aliphatic carbocycles. The second kappa shape index (κ2) is 9.24. The van der Waals surface area contributed by atoms with Gasteiger partial charge in [0, 0.05) is 39.8 Å². The van der Waals surface area contributed by atoms with Crippen LogP contribution in [0.3, 0.4) is 0 Å². The first-order chi connectivity index (χ1) is 14.1. The van der Waals surface area contributed by atoms with Crippen LogP contribution in [0, 0.1) is 5.92 Å². The second-order valence-corrected chi connectivity index (χ2v) is 9.35. The zero-order valence-corrected chi connectivity index (χ0v) is 18.4. The van der Waals surface area contributed by atoms with Crippen molar-refractivity contribution in [2.45, 2.75) is 25.8 Å². The summed E-state index contributed by atoms with van der Waals surface area (Å²) in [6, 6.07) is 11.5. The Bertz CT molecular complexity index is 1040. The quantitative estimate of drug-likeness (QED) is 0.544. The number of piperidine rings is 1. The van der Waals surface area contributed by atoms with Crippen molar-refractivity contribution in [2.75, 3.05) is 19.6 Å². The molecular weight excluding hydrogens is 452 g/mol. The highest BCUT2D eigenvalue weighted by atomic mass is 79.9. The molecule has 0 bridgehead atoms. The maximum Gasteiger partial charge on any atom is 0.336 e. The monoisotopic (exact) mass is 474 g/mol. The fourth-order valence-electron chi connectivity index (χ4n) is 3.84. The van der Waals surface area contributed by atoms with Crippen molar-refractivity contribution in [3.8, 4) is 0 Å². The zero-order valence-electron chi connectivity index (χ0n) is 16.0. The molecule has 0 unspecified atom stereocenters. The molecule has 7 heteroatoms. The first kappa shape index (κ1) is 20.3. The van der Waals surface area contributed by atoms with Crippen LogP contribution in [0.5, 0.6) is 0 Å². The minimum Gasteiger partial charge on any atom is -0.423 e. The lowest BCUT2D eigenvalue weighted by Gasteiger charge is -2.31. The van der Waals surface area contributed by atoms with E-state index in [4.69, 9.17) is 4.42 Å². The normalized spacial score (nSPS) is 15.6. The van der Waals surface area contributed by atoms with E-state index in [0.29, 0.717) is 18.7 Å². The molecule has 1 saturated heterocycles. The summed E-state index contributed by atoms with van der Waals surface area (Å²) in [6.07, 6.45) is 2.58. The average molecular weight is 475 g/mol. The highest BCUT2D eigenvalue weighted by molar-refractivity contribution is 9.10. The van der Waals surface area contributed by atoms with Crippen LogP contribution in [0.1, 0.15) is 23.3 Å². The van der Waals surface area contributed by atoms with Gasteiger partial charge in [-0.05, 0) is 67.6 Å². The van der Waals surface area contributed by atoms with E-state index in [1.807, 2.05) is 24.3 Å². The van der Waals surface area contributed by atoms with Gasteiger partial charge in [0.2, 0.25) is 5.91 Å². The molecule has 3 aromatic rings. The molecule has 5 nitrogen and oxygen atoms in total. The average Bonchev–Trinajstić information content (AvgIpc) is 3.21. The summed E-state index contributed by atoms with van der Waals surface area (Å²) in [5, 5.41) is 6.10. The zero-order chi connectivity index (χ0) is 20.2. The summed E-state index contributed by atoms with van der Waals surface area (Å²) in [6.45, 7) is 3.08. The lowest BCUT2D eigenvalue weighted by molar-refractivity contribution is -0.126. The van der Waals surface area contributed by atoms with E-state index in [1.54, 1.807) is 17.4 Å². The van der Waals surface area contributed by atoms with Gasteiger partial charge >= 0.3 is 5.63 Å². The summed E-state index contributed by atoms with van der Waals surface area (Å²) >= 11 is 5.14. The number of carbonyl (C=O) groups excluding carboxylic acids is 1. The molecule has 1 fully saturated rings. The fourth-order valence-corrected chi connectivity index (χ4v) is 4.89. The van der Waals surface area contributed by atoms with Crippen molar-refractivity contribution >= 4 is 44.1 Å². The number of hydrogen-bond donors (Lipinski definition) is 1. The van der Waals surface area contributed by atoms with Gasteiger partial charge < -0.3 is 9.73 Å². The van der Waals surface area contributed by atoms with Gasteiger partial charge in [0.15, 0.2) is 0 Å². The van der Waals surface area contributed by atoms with E-state index in [0.717, 1.165) is 47.8 Å². The Morgan fingerprint density at radius 2 is 2.07 bits per heavy atom. The number of benzene rings is 1. The van der Waals surface area contributed by atoms with E-state index < -0.39 is 0 Å². The molecule has 1 aliphatic rings. The molecule has 1 aliphatic heterocycles. The third-order valence-electron chi connectivity index (χ3n) is 5.40. The Labute approximate surface area is 181 Å². The minimum absolute atomic E-state index is 0.0723. The lowest BCUT2D eigenvalue weighted by Crippen LogP contribution is -2.40. The number of carbonyl (C=O) groups is 1. The molecule has 0 radical (unpaired) electrons. The molecule has 1 N–H and O–H groups in total. The van der Waals surface area contributed by atoms with Crippen LogP contribution < -0.4 is 10.9 Å². The number of rotatable bonds is 6. The van der Waals surface area contributed by atoms with E-state index in [-0.39, 0.29) is 17.5 Å². The molecule has 29 heavy (non-hydrogen) atoms. The number of likely N-dealkylation sites (tertiary alicyclic amines) is 1. The predicted octanol–water partition coefficient (Wildman–Crippen LogP) is 4.19. The van der Waals surface area contributed by atoms with Gasteiger partial charge in [-0.2, -0.15) is 0 Å². The smallest absolute Gasteiger partial charge is 0.336 e. The molecule has 152 valence electrons. The van der Waals surface area contributed by atoms with Gasteiger partial charge in [0.25, 0.3) is 0 Å². The highest BCUT2D eigenvalue weighted by Crippen LogP contribution is 2.25. The van der Waals surface area contributed by atoms with E-state index in [2.05, 4.69) is 37.6 Å². The summed E-state index contributed by atoms with van der Waals surface area (Å²) in [5.74, 6) is 0.236. The Morgan fingerprint density at radius 3 is 2.83 bits per heavy atom. The number of halogens is 1. The van der Waals surface area contributed by atoms with Crippen molar-refractivity contribution in [3.63, 3.8) is 0 Å². The number of hydrogen-bond acceptors (Lipinski definition) is 5. The van der Waals surface area contributed by atoms with Gasteiger partial charge in [-0.25, -0.2) is 4.79 Å². The summed E-state index contributed by atoms with van der Waals surface area (Å²) in [5.41, 5.74) is 1.25. The van der Waals surface area contributed by atoms with Crippen LogP contribution >= 0.6 is 27.3 Å².